The quantitative estimate of drug-likeness (QED) is 0.0993. The standard InChI is InChI=1S/C23H31N4O7PS/c24-12-15-2-4-16(5-3-15)19(29)10-17-23-18(6-7-25-17)27(14-26-23)22-11-20(21(13-28)33-22)34-35(30,31)32-8-1-9-36/h2-7,14,20-22,28,30-31,35-36H,1,8-13,24H2/t20?,21-,22-/m1/s1. The smallest absolute Gasteiger partial charge is 0.0570 e. The van der Waals surface area contributed by atoms with Crippen LogP contribution in [0.1, 0.15) is 40.7 Å². The van der Waals surface area contributed by atoms with Crippen molar-refractivity contribution >= 4 is 37.6 Å². The van der Waals surface area contributed by atoms with E-state index in [9.17, 15) is 19.7 Å². The number of thiol groups is 1. The summed E-state index contributed by atoms with van der Waals surface area (Å²) in [6, 6.07) is 8.91. The number of aliphatic hydroxyl groups is 1. The number of rotatable bonds is 12. The second-order valence-corrected chi connectivity index (χ2v) is 10.5. The number of carbonyl (C=O) groups excluding carboxylic acids is 1. The third-order valence-electron chi connectivity index (χ3n) is 5.98. The van der Waals surface area contributed by atoms with Crippen LogP contribution in [-0.4, -0.2) is 66.4 Å². The number of aromatic nitrogens is 3. The monoisotopic (exact) mass is 538 g/mol. The van der Waals surface area contributed by atoms with Crippen LogP contribution in [0.3, 0.4) is 0 Å². The molecule has 1 aliphatic rings. The predicted octanol–water partition coefficient (Wildman–Crippen LogP) is 1.71. The van der Waals surface area contributed by atoms with Gasteiger partial charge in [-0.3, -0.25) is 0 Å². The molecule has 5 N–H and O–H groups in total. The molecule has 36 heavy (non-hydrogen) atoms. The normalized spacial score (nSPS) is 20.8. The second-order valence-electron chi connectivity index (χ2n) is 8.46. The average molecular weight is 539 g/mol. The Balaban J connectivity index is 1.49. The van der Waals surface area contributed by atoms with Crippen LogP contribution in [0.15, 0.2) is 42.9 Å². The van der Waals surface area contributed by atoms with Crippen molar-refractivity contribution in [2.45, 2.75) is 44.2 Å². The zero-order valence-corrected chi connectivity index (χ0v) is 21.5. The van der Waals surface area contributed by atoms with Gasteiger partial charge in [-0.15, -0.1) is 0 Å². The van der Waals surface area contributed by atoms with Gasteiger partial charge in [0.1, 0.15) is 0 Å². The Kier molecular flexibility index (Phi) is 9.05. The minimum absolute atomic E-state index is 0.0691. The van der Waals surface area contributed by atoms with Gasteiger partial charge in [0.2, 0.25) is 0 Å². The molecule has 196 valence electrons. The molecule has 1 aromatic carbocycles. The third-order valence-corrected chi connectivity index (χ3v) is 7.48. The van der Waals surface area contributed by atoms with Gasteiger partial charge in [-0.2, -0.15) is 0 Å². The van der Waals surface area contributed by atoms with E-state index in [1.165, 1.54) is 0 Å². The molecule has 3 heterocycles. The van der Waals surface area contributed by atoms with Crippen molar-refractivity contribution in [1.29, 1.82) is 0 Å². The van der Waals surface area contributed by atoms with E-state index in [0.29, 0.717) is 41.0 Å². The Morgan fingerprint density at radius 2 is 2.03 bits per heavy atom. The molecule has 1 saturated heterocycles. The summed E-state index contributed by atoms with van der Waals surface area (Å²) < 4.78 is 18.2. The molecule has 13 heteroatoms. The Bertz CT molecular complexity index is 1180. The number of imidazole rings is 1. The molecular weight excluding hydrogens is 507 g/mol. The summed E-state index contributed by atoms with van der Waals surface area (Å²) in [5.74, 6) is 0.443. The number of nitrogens with zero attached hydrogens (tertiary/aromatic N) is 3. The van der Waals surface area contributed by atoms with E-state index in [-0.39, 0.29) is 31.8 Å². The summed E-state index contributed by atoms with van der Waals surface area (Å²) in [5.41, 5.74) is 8.90. The molecule has 11 nitrogen and oxygen atoms in total. The van der Waals surface area contributed by atoms with Gasteiger partial charge in [0, 0.05) is 6.54 Å². The van der Waals surface area contributed by atoms with Crippen molar-refractivity contribution in [3.05, 3.63) is 59.7 Å². The van der Waals surface area contributed by atoms with Crippen LogP contribution >= 0.6 is 20.8 Å². The fourth-order valence-corrected chi connectivity index (χ4v) is 5.37. The first kappa shape index (κ1) is 27.1. The van der Waals surface area contributed by atoms with Crippen LogP contribution < -0.4 is 5.73 Å². The van der Waals surface area contributed by atoms with Crippen LogP contribution in [0.25, 0.3) is 11.0 Å². The van der Waals surface area contributed by atoms with Crippen molar-refractivity contribution in [2.24, 2.45) is 5.73 Å². The van der Waals surface area contributed by atoms with Gasteiger partial charge in [-0.05, 0) is 5.56 Å². The Labute approximate surface area is 214 Å². The molecule has 3 aromatic rings. The topological polar surface area (TPSA) is 162 Å². The molecule has 1 fully saturated rings. The fraction of sp³-hybridized carbons (Fsp3) is 0.435. The first-order valence-corrected chi connectivity index (χ1v) is 14.0. The molecule has 2 aromatic heterocycles. The number of hydrogen-bond donors (Lipinski definition) is 5. The number of benzene rings is 1. The van der Waals surface area contributed by atoms with Crippen LogP contribution in [0.5, 0.6) is 0 Å². The number of nitrogens with two attached hydrogens (primary N) is 1. The summed E-state index contributed by atoms with van der Waals surface area (Å²) in [5, 5.41) is 9.78. The SMILES string of the molecule is NCc1ccc(C(=O)Cc2nccc3c2ncn3[C@H]2CC(O[PH](O)(O)OCCCS)[C@@H](CO)O2)cc1. The maximum absolute atomic E-state index is 12.8. The van der Waals surface area contributed by atoms with Crippen LogP contribution in [0.4, 0.5) is 0 Å². The number of ether oxygens (including phenoxy) is 1. The molecule has 0 bridgehead atoms. The van der Waals surface area contributed by atoms with E-state index in [4.69, 9.17) is 19.5 Å². The summed E-state index contributed by atoms with van der Waals surface area (Å²) in [6.07, 6.45) is 1.83. The van der Waals surface area contributed by atoms with Gasteiger partial charge >= 0.3 is 184 Å². The average Bonchev–Trinajstić information content (AvgIpc) is 3.48. The van der Waals surface area contributed by atoms with Gasteiger partial charge in [0.25, 0.3) is 0 Å². The third kappa shape index (κ3) is 6.28. The number of carbonyl (C=O) groups is 1. The predicted molar refractivity (Wildman–Crippen MR) is 138 cm³/mol. The Morgan fingerprint density at radius 1 is 1.25 bits per heavy atom. The number of ketones is 1. The molecule has 0 aliphatic carbocycles. The van der Waals surface area contributed by atoms with E-state index < -0.39 is 26.6 Å². The minimum atomic E-state index is -4.40. The number of Topliss-reactive ketones (excluding diaryl/α,β-unsaturated/α-hetero) is 1. The molecular formula is C23H31N4O7PS. The molecule has 4 rings (SSSR count). The van der Waals surface area contributed by atoms with E-state index in [2.05, 4.69) is 22.6 Å². The van der Waals surface area contributed by atoms with Gasteiger partial charge in [-0.25, -0.2) is 0 Å². The Hall–Kier alpha value is -1.99. The van der Waals surface area contributed by atoms with E-state index in [1.54, 1.807) is 35.3 Å². The second kappa shape index (κ2) is 12.0. The van der Waals surface area contributed by atoms with Gasteiger partial charge in [0.05, 0.1) is 0 Å². The summed E-state index contributed by atoms with van der Waals surface area (Å²) in [7, 11) is -4.40. The zero-order chi connectivity index (χ0) is 25.7. The van der Waals surface area contributed by atoms with Crippen molar-refractivity contribution in [3.8, 4) is 0 Å². The van der Waals surface area contributed by atoms with Crippen molar-refractivity contribution in [3.63, 3.8) is 0 Å². The van der Waals surface area contributed by atoms with Gasteiger partial charge in [0.15, 0.2) is 0 Å². The van der Waals surface area contributed by atoms with Gasteiger partial charge < -0.3 is 5.73 Å². The van der Waals surface area contributed by atoms with Crippen LogP contribution in [0, 0.1) is 0 Å². The first-order chi connectivity index (χ1) is 17.3. The van der Waals surface area contributed by atoms with E-state index in [1.807, 2.05) is 12.1 Å². The number of fused-ring (bicyclic) bond motifs is 1. The molecule has 0 saturated carbocycles. The summed E-state index contributed by atoms with van der Waals surface area (Å²) in [6.45, 7) is 0.127. The molecule has 1 aliphatic heterocycles. The summed E-state index contributed by atoms with van der Waals surface area (Å²) in [4.78, 5) is 42.0. The molecule has 0 spiro atoms. The van der Waals surface area contributed by atoms with Crippen molar-refractivity contribution < 1.29 is 33.5 Å². The van der Waals surface area contributed by atoms with E-state index >= 15 is 0 Å². The maximum atomic E-state index is 12.8. The Morgan fingerprint density at radius 3 is 2.72 bits per heavy atom. The van der Waals surface area contributed by atoms with E-state index in [0.717, 1.165) is 5.56 Å². The molecule has 0 amide bonds. The van der Waals surface area contributed by atoms with Crippen LogP contribution in [0.2, 0.25) is 0 Å². The number of aliphatic hydroxyl groups excluding tert-OH is 1. The summed E-state index contributed by atoms with van der Waals surface area (Å²) >= 11 is 4.07. The number of pyridine rings is 1. The van der Waals surface area contributed by atoms with Gasteiger partial charge in [-0.1, -0.05) is 12.1 Å². The number of hydrogen-bond acceptors (Lipinski definition) is 11. The molecule has 0 radical (unpaired) electrons. The first-order valence-electron chi connectivity index (χ1n) is 11.6. The fourth-order valence-electron chi connectivity index (χ4n) is 4.12. The van der Waals surface area contributed by atoms with Crippen LogP contribution in [-0.2, 0) is 26.7 Å². The molecule has 3 atom stereocenters. The minimum Gasteiger partial charge on any atom is -0.0570 e. The molecule has 1 unspecified atom stereocenters. The zero-order valence-electron chi connectivity index (χ0n) is 19.6. The van der Waals surface area contributed by atoms with Crippen molar-refractivity contribution in [1.82, 2.24) is 14.5 Å². The van der Waals surface area contributed by atoms with Crippen molar-refractivity contribution in [2.75, 3.05) is 19.0 Å².